The fourth-order valence-electron chi connectivity index (χ4n) is 3.00. The van der Waals surface area contributed by atoms with Crippen molar-refractivity contribution >= 4 is 5.91 Å². The van der Waals surface area contributed by atoms with E-state index in [1.54, 1.807) is 0 Å². The van der Waals surface area contributed by atoms with Crippen LogP contribution in [0, 0.1) is 0 Å². The largest absolute Gasteiger partial charge is 0.387 e. The Labute approximate surface area is 136 Å². The maximum Gasteiger partial charge on any atom is 0.270 e. The lowest BCUT2D eigenvalue weighted by atomic mass is 10.1. The van der Waals surface area contributed by atoms with E-state index in [0.29, 0.717) is 19.6 Å². The average Bonchev–Trinajstić information content (AvgIpc) is 3.02. The minimum atomic E-state index is -0.480. The molecule has 1 fully saturated rings. The number of benzene rings is 1. The van der Waals surface area contributed by atoms with E-state index in [4.69, 9.17) is 0 Å². The van der Waals surface area contributed by atoms with Crippen molar-refractivity contribution in [2.75, 3.05) is 32.7 Å². The molecule has 1 aliphatic rings. The summed E-state index contributed by atoms with van der Waals surface area (Å²) in [4.78, 5) is 16.6. The summed E-state index contributed by atoms with van der Waals surface area (Å²) in [7, 11) is 1.89. The smallest absolute Gasteiger partial charge is 0.270 e. The number of carbonyl (C=O) groups excluding carboxylic acids is 1. The summed E-state index contributed by atoms with van der Waals surface area (Å²) in [5.74, 6) is 0.0840. The zero-order valence-electron chi connectivity index (χ0n) is 13.4. The van der Waals surface area contributed by atoms with Crippen molar-refractivity contribution in [3.63, 3.8) is 0 Å². The number of hydrogen-bond acceptors (Lipinski definition) is 3. The molecule has 0 radical (unpaired) electrons. The molecular formula is C18H23N3O2. The molecule has 2 aromatic rings. The quantitative estimate of drug-likeness (QED) is 0.931. The summed E-state index contributed by atoms with van der Waals surface area (Å²) < 4.78 is 1.86. The fourth-order valence-corrected chi connectivity index (χ4v) is 3.00. The van der Waals surface area contributed by atoms with Gasteiger partial charge in [0.1, 0.15) is 5.69 Å². The van der Waals surface area contributed by atoms with Crippen molar-refractivity contribution in [1.29, 1.82) is 0 Å². The molecule has 0 saturated carbocycles. The van der Waals surface area contributed by atoms with Crippen LogP contribution in [0.3, 0.4) is 0 Å². The predicted molar refractivity (Wildman–Crippen MR) is 89.2 cm³/mol. The molecule has 1 aromatic heterocycles. The molecule has 1 atom stereocenters. The number of nitrogens with zero attached hydrogens (tertiary/aromatic N) is 3. The van der Waals surface area contributed by atoms with Crippen LogP contribution in [0.5, 0.6) is 0 Å². The van der Waals surface area contributed by atoms with Crippen molar-refractivity contribution in [2.45, 2.75) is 6.10 Å². The Hall–Kier alpha value is -2.11. The van der Waals surface area contributed by atoms with Gasteiger partial charge in [-0.15, -0.1) is 0 Å². The van der Waals surface area contributed by atoms with E-state index in [-0.39, 0.29) is 5.91 Å². The first-order valence-corrected chi connectivity index (χ1v) is 8.01. The first kappa shape index (κ1) is 15.8. The number of β-amino-alcohol motifs (C(OH)–C–C–N with tert-alkyl or cyclic N) is 1. The lowest BCUT2D eigenvalue weighted by Gasteiger charge is -2.35. The van der Waals surface area contributed by atoms with Gasteiger partial charge < -0.3 is 14.6 Å². The van der Waals surface area contributed by atoms with Crippen molar-refractivity contribution in [3.8, 4) is 0 Å². The topological polar surface area (TPSA) is 48.7 Å². The van der Waals surface area contributed by atoms with Gasteiger partial charge in [0.05, 0.1) is 6.10 Å². The highest BCUT2D eigenvalue weighted by molar-refractivity contribution is 5.92. The zero-order valence-corrected chi connectivity index (χ0v) is 13.4. The molecular weight excluding hydrogens is 290 g/mol. The van der Waals surface area contributed by atoms with Gasteiger partial charge in [-0.2, -0.15) is 0 Å². The van der Waals surface area contributed by atoms with Crippen LogP contribution in [0.4, 0.5) is 0 Å². The standard InChI is InChI=1S/C18H23N3O2/c1-19-9-5-8-16(19)18(23)21-12-10-20(11-13-21)14-17(22)15-6-3-2-4-7-15/h2-9,17,22H,10-14H2,1H3/t17-/m0/s1. The molecule has 0 unspecified atom stereocenters. The molecule has 0 bridgehead atoms. The highest BCUT2D eigenvalue weighted by atomic mass is 16.3. The highest BCUT2D eigenvalue weighted by Gasteiger charge is 2.24. The lowest BCUT2D eigenvalue weighted by Crippen LogP contribution is -2.49. The van der Waals surface area contributed by atoms with Gasteiger partial charge in [-0.3, -0.25) is 9.69 Å². The molecule has 1 N–H and O–H groups in total. The molecule has 0 aliphatic carbocycles. The second-order valence-corrected chi connectivity index (χ2v) is 6.02. The first-order chi connectivity index (χ1) is 11.1. The van der Waals surface area contributed by atoms with Crippen molar-refractivity contribution < 1.29 is 9.90 Å². The molecule has 23 heavy (non-hydrogen) atoms. The van der Waals surface area contributed by atoms with Gasteiger partial charge in [-0.1, -0.05) is 30.3 Å². The van der Waals surface area contributed by atoms with Crippen LogP contribution in [-0.4, -0.2) is 58.1 Å². The van der Waals surface area contributed by atoms with Crippen molar-refractivity contribution in [3.05, 3.63) is 59.9 Å². The zero-order chi connectivity index (χ0) is 16.2. The van der Waals surface area contributed by atoms with Gasteiger partial charge in [0, 0.05) is 46.0 Å². The maximum atomic E-state index is 12.5. The van der Waals surface area contributed by atoms with E-state index in [1.807, 2.05) is 65.2 Å². The van der Waals surface area contributed by atoms with Crippen LogP contribution in [0.15, 0.2) is 48.7 Å². The Balaban J connectivity index is 1.53. The Kier molecular flexibility index (Phi) is 4.79. The van der Waals surface area contributed by atoms with Crippen LogP contribution in [-0.2, 0) is 7.05 Å². The summed E-state index contributed by atoms with van der Waals surface area (Å²) in [6, 6.07) is 13.5. The number of piperazine rings is 1. The van der Waals surface area contributed by atoms with Gasteiger partial charge in [-0.25, -0.2) is 0 Å². The number of aromatic nitrogens is 1. The molecule has 122 valence electrons. The summed E-state index contributed by atoms with van der Waals surface area (Å²) in [5, 5.41) is 10.3. The van der Waals surface area contributed by atoms with E-state index in [1.165, 1.54) is 0 Å². The number of aryl methyl sites for hydroxylation is 1. The molecule has 1 aromatic carbocycles. The first-order valence-electron chi connectivity index (χ1n) is 8.01. The number of amides is 1. The second kappa shape index (κ2) is 6.98. The van der Waals surface area contributed by atoms with Gasteiger partial charge >= 0.3 is 0 Å². The van der Waals surface area contributed by atoms with E-state index in [2.05, 4.69) is 4.90 Å². The molecule has 5 nitrogen and oxygen atoms in total. The minimum absolute atomic E-state index is 0.0840. The maximum absolute atomic E-state index is 12.5. The summed E-state index contributed by atoms with van der Waals surface area (Å²) >= 11 is 0. The summed E-state index contributed by atoms with van der Waals surface area (Å²) in [6.07, 6.45) is 1.41. The summed E-state index contributed by atoms with van der Waals surface area (Å²) in [6.45, 7) is 3.59. The molecule has 0 spiro atoms. The molecule has 3 rings (SSSR count). The SMILES string of the molecule is Cn1cccc1C(=O)N1CCN(C[C@H](O)c2ccccc2)CC1. The number of hydrogen-bond donors (Lipinski definition) is 1. The highest BCUT2D eigenvalue weighted by Crippen LogP contribution is 2.15. The van der Waals surface area contributed by atoms with E-state index in [0.717, 1.165) is 24.3 Å². The van der Waals surface area contributed by atoms with E-state index in [9.17, 15) is 9.90 Å². The second-order valence-electron chi connectivity index (χ2n) is 6.02. The van der Waals surface area contributed by atoms with Crippen LogP contribution in [0.1, 0.15) is 22.2 Å². The predicted octanol–water partition coefficient (Wildman–Crippen LogP) is 1.52. The fraction of sp³-hybridized carbons (Fsp3) is 0.389. The normalized spacial score (nSPS) is 17.2. The van der Waals surface area contributed by atoms with E-state index >= 15 is 0 Å². The third-order valence-corrected chi connectivity index (χ3v) is 4.44. The van der Waals surface area contributed by atoms with Crippen LogP contribution >= 0.6 is 0 Å². The van der Waals surface area contributed by atoms with Crippen LogP contribution < -0.4 is 0 Å². The van der Waals surface area contributed by atoms with Crippen molar-refractivity contribution in [1.82, 2.24) is 14.4 Å². The Morgan fingerprint density at radius 2 is 1.78 bits per heavy atom. The van der Waals surface area contributed by atoms with Gasteiger partial charge in [0.15, 0.2) is 0 Å². The van der Waals surface area contributed by atoms with Crippen molar-refractivity contribution in [2.24, 2.45) is 7.05 Å². The Bertz CT molecular complexity index is 645. The average molecular weight is 313 g/mol. The minimum Gasteiger partial charge on any atom is -0.387 e. The van der Waals surface area contributed by atoms with Gasteiger partial charge in [0.2, 0.25) is 0 Å². The van der Waals surface area contributed by atoms with Gasteiger partial charge in [0.25, 0.3) is 5.91 Å². The number of rotatable bonds is 4. The molecule has 1 amide bonds. The molecule has 5 heteroatoms. The lowest BCUT2D eigenvalue weighted by molar-refractivity contribution is 0.0520. The Morgan fingerprint density at radius 3 is 2.39 bits per heavy atom. The Morgan fingerprint density at radius 1 is 1.09 bits per heavy atom. The number of aliphatic hydroxyl groups excluding tert-OH is 1. The van der Waals surface area contributed by atoms with E-state index < -0.39 is 6.10 Å². The number of aliphatic hydroxyl groups is 1. The monoisotopic (exact) mass is 313 g/mol. The van der Waals surface area contributed by atoms with Crippen LogP contribution in [0.25, 0.3) is 0 Å². The third kappa shape index (κ3) is 3.63. The van der Waals surface area contributed by atoms with Gasteiger partial charge in [-0.05, 0) is 17.7 Å². The summed E-state index contributed by atoms with van der Waals surface area (Å²) in [5.41, 5.74) is 1.66. The molecule has 1 saturated heterocycles. The molecule has 2 heterocycles. The number of carbonyl (C=O) groups is 1. The van der Waals surface area contributed by atoms with Crippen LogP contribution in [0.2, 0.25) is 0 Å². The molecule has 1 aliphatic heterocycles. The third-order valence-electron chi connectivity index (χ3n) is 4.44.